The minimum absolute atomic E-state index is 0.104. The molecule has 0 saturated carbocycles. The van der Waals surface area contributed by atoms with Crippen LogP contribution in [0, 0.1) is 0 Å². The first-order chi connectivity index (χ1) is 14.9. The maximum atomic E-state index is 12.6. The van der Waals surface area contributed by atoms with Gasteiger partial charge in [-0.3, -0.25) is 20.4 Å². The quantitative estimate of drug-likeness (QED) is 0.513. The van der Waals surface area contributed by atoms with Crippen LogP contribution in [0.15, 0.2) is 59.5 Å². The lowest BCUT2D eigenvalue weighted by molar-refractivity contribution is -0.125. The van der Waals surface area contributed by atoms with Crippen molar-refractivity contribution in [1.82, 2.24) is 15.2 Å². The summed E-state index contributed by atoms with van der Waals surface area (Å²) in [6.07, 6.45) is 2.68. The lowest BCUT2D eigenvalue weighted by atomic mass is 10.2. The molecule has 1 aliphatic heterocycles. The predicted octanol–water partition coefficient (Wildman–Crippen LogP) is 1.48. The minimum atomic E-state index is -3.59. The summed E-state index contributed by atoms with van der Waals surface area (Å²) >= 11 is 0. The number of nitrogens with zero attached hydrogens (tertiary/aromatic N) is 1. The Kier molecular flexibility index (Phi) is 7.37. The molecule has 0 unspecified atom stereocenters. The molecule has 9 nitrogen and oxygen atoms in total. The monoisotopic (exact) mass is 445 g/mol. The number of hydrogen-bond donors (Lipinski definition) is 2. The van der Waals surface area contributed by atoms with Crippen molar-refractivity contribution < 1.29 is 27.5 Å². The third-order valence-corrected chi connectivity index (χ3v) is 6.64. The van der Waals surface area contributed by atoms with Crippen LogP contribution in [0.1, 0.15) is 40.0 Å². The molecule has 2 amide bonds. The Morgan fingerprint density at radius 1 is 0.839 bits per heavy atom. The molecule has 1 saturated heterocycles. The van der Waals surface area contributed by atoms with Crippen molar-refractivity contribution in [3.8, 4) is 0 Å². The van der Waals surface area contributed by atoms with E-state index in [1.54, 1.807) is 30.3 Å². The van der Waals surface area contributed by atoms with Crippen LogP contribution in [0.5, 0.6) is 0 Å². The lowest BCUT2D eigenvalue weighted by Gasteiger charge is -2.25. The van der Waals surface area contributed by atoms with E-state index in [0.717, 1.165) is 19.3 Å². The first kappa shape index (κ1) is 22.4. The number of benzene rings is 2. The smallest absolute Gasteiger partial charge is 0.338 e. The van der Waals surface area contributed by atoms with E-state index in [-0.39, 0.29) is 10.5 Å². The van der Waals surface area contributed by atoms with Gasteiger partial charge in [0, 0.05) is 18.7 Å². The van der Waals surface area contributed by atoms with Crippen molar-refractivity contribution in [3.05, 3.63) is 65.7 Å². The summed E-state index contributed by atoms with van der Waals surface area (Å²) in [6.45, 7) is 0.367. The first-order valence-corrected chi connectivity index (χ1v) is 11.2. The molecule has 1 fully saturated rings. The Balaban J connectivity index is 1.49. The van der Waals surface area contributed by atoms with Crippen molar-refractivity contribution in [3.63, 3.8) is 0 Å². The van der Waals surface area contributed by atoms with Crippen LogP contribution in [-0.2, 0) is 19.6 Å². The normalized spacial score (nSPS) is 14.5. The second kappa shape index (κ2) is 10.2. The van der Waals surface area contributed by atoms with Gasteiger partial charge in [0.05, 0.1) is 10.5 Å². The van der Waals surface area contributed by atoms with E-state index in [1.165, 1.54) is 28.6 Å². The van der Waals surface area contributed by atoms with Crippen LogP contribution in [0.25, 0.3) is 0 Å². The van der Waals surface area contributed by atoms with Crippen LogP contribution in [0.4, 0.5) is 0 Å². The predicted molar refractivity (Wildman–Crippen MR) is 111 cm³/mol. The molecule has 2 aromatic rings. The summed E-state index contributed by atoms with van der Waals surface area (Å²) in [5.74, 6) is -2.01. The number of hydrazine groups is 1. The number of sulfonamides is 1. The number of carbonyl (C=O) groups excluding carboxylic acids is 3. The molecule has 0 aliphatic carbocycles. The van der Waals surface area contributed by atoms with Crippen LogP contribution < -0.4 is 10.9 Å². The van der Waals surface area contributed by atoms with Gasteiger partial charge in [-0.1, -0.05) is 24.6 Å². The molecule has 10 heteroatoms. The molecule has 31 heavy (non-hydrogen) atoms. The second-order valence-electron chi connectivity index (χ2n) is 6.93. The Morgan fingerprint density at radius 3 is 2.13 bits per heavy atom. The standard InChI is InChI=1S/C21H23N3O6S/c25-19(22-23-20(26)16-7-3-1-4-8-16)15-30-21(27)17-9-11-18(12-10-17)31(28,29)24-13-5-2-6-14-24/h1,3-4,7-12H,2,5-6,13-15H2,(H,22,25)(H,23,26). The fourth-order valence-corrected chi connectivity index (χ4v) is 4.57. The van der Waals surface area contributed by atoms with Crippen LogP contribution in [0.3, 0.4) is 0 Å². The highest BCUT2D eigenvalue weighted by Crippen LogP contribution is 2.21. The Bertz CT molecular complexity index is 1030. The van der Waals surface area contributed by atoms with Crippen LogP contribution in [0.2, 0.25) is 0 Å². The number of rotatable bonds is 6. The zero-order chi connectivity index (χ0) is 22.3. The molecule has 0 bridgehead atoms. The molecular weight excluding hydrogens is 422 g/mol. The summed E-state index contributed by atoms with van der Waals surface area (Å²) < 4.78 is 31.6. The average Bonchev–Trinajstić information content (AvgIpc) is 2.82. The number of carbonyl (C=O) groups is 3. The van der Waals surface area contributed by atoms with Crippen molar-refractivity contribution in [2.45, 2.75) is 24.2 Å². The largest absolute Gasteiger partial charge is 0.452 e. The van der Waals surface area contributed by atoms with Crippen molar-refractivity contribution in [2.24, 2.45) is 0 Å². The molecular formula is C21H23N3O6S. The highest BCUT2D eigenvalue weighted by molar-refractivity contribution is 7.89. The number of nitrogens with one attached hydrogen (secondary N) is 2. The highest BCUT2D eigenvalue weighted by atomic mass is 32.2. The Morgan fingerprint density at radius 2 is 1.48 bits per heavy atom. The summed E-state index contributed by atoms with van der Waals surface area (Å²) in [5, 5.41) is 0. The van der Waals surface area contributed by atoms with Gasteiger partial charge in [0.15, 0.2) is 6.61 Å². The van der Waals surface area contributed by atoms with Crippen molar-refractivity contribution >= 4 is 27.8 Å². The van der Waals surface area contributed by atoms with Crippen molar-refractivity contribution in [1.29, 1.82) is 0 Å². The third kappa shape index (κ3) is 5.89. The van der Waals surface area contributed by atoms with Gasteiger partial charge in [-0.25, -0.2) is 13.2 Å². The Hall–Kier alpha value is -3.24. The molecule has 0 radical (unpaired) electrons. The van der Waals surface area contributed by atoms with E-state index >= 15 is 0 Å². The highest BCUT2D eigenvalue weighted by Gasteiger charge is 2.26. The number of amides is 2. The average molecular weight is 445 g/mol. The third-order valence-electron chi connectivity index (χ3n) is 4.73. The fourth-order valence-electron chi connectivity index (χ4n) is 3.06. The number of ether oxygens (including phenoxy) is 1. The van der Waals surface area contributed by atoms with E-state index in [2.05, 4.69) is 10.9 Å². The SMILES string of the molecule is O=C(COC(=O)c1ccc(S(=O)(=O)N2CCCCC2)cc1)NNC(=O)c1ccccc1. The number of esters is 1. The molecule has 1 aliphatic rings. The number of hydrogen-bond acceptors (Lipinski definition) is 6. The lowest BCUT2D eigenvalue weighted by Crippen LogP contribution is -2.43. The minimum Gasteiger partial charge on any atom is -0.452 e. The van der Waals surface area contributed by atoms with E-state index < -0.39 is 34.4 Å². The van der Waals surface area contributed by atoms with E-state index in [4.69, 9.17) is 4.74 Å². The van der Waals surface area contributed by atoms with Gasteiger partial charge >= 0.3 is 5.97 Å². The van der Waals surface area contributed by atoms with Gasteiger partial charge in [-0.15, -0.1) is 0 Å². The molecule has 2 aromatic carbocycles. The maximum Gasteiger partial charge on any atom is 0.338 e. The maximum absolute atomic E-state index is 12.6. The second-order valence-corrected chi connectivity index (χ2v) is 8.87. The zero-order valence-corrected chi connectivity index (χ0v) is 17.6. The van der Waals surface area contributed by atoms with Crippen LogP contribution >= 0.6 is 0 Å². The molecule has 0 spiro atoms. The number of piperidine rings is 1. The van der Waals surface area contributed by atoms with Gasteiger partial charge in [0.2, 0.25) is 10.0 Å². The summed E-state index contributed by atoms with van der Waals surface area (Å²) in [6, 6.07) is 13.7. The van der Waals surface area contributed by atoms with E-state index in [0.29, 0.717) is 18.7 Å². The molecule has 0 aromatic heterocycles. The van der Waals surface area contributed by atoms with Gasteiger partial charge in [0.1, 0.15) is 0 Å². The topological polar surface area (TPSA) is 122 Å². The van der Waals surface area contributed by atoms with Crippen LogP contribution in [-0.4, -0.2) is 50.2 Å². The van der Waals surface area contributed by atoms with E-state index in [1.807, 2.05) is 0 Å². The molecule has 1 heterocycles. The van der Waals surface area contributed by atoms with Gasteiger partial charge in [-0.2, -0.15) is 4.31 Å². The van der Waals surface area contributed by atoms with E-state index in [9.17, 15) is 22.8 Å². The van der Waals surface area contributed by atoms with Gasteiger partial charge in [0.25, 0.3) is 11.8 Å². The summed E-state index contributed by atoms with van der Waals surface area (Å²) in [5.41, 5.74) is 4.84. The van der Waals surface area contributed by atoms with Crippen molar-refractivity contribution in [2.75, 3.05) is 19.7 Å². The first-order valence-electron chi connectivity index (χ1n) is 9.79. The Labute approximate surface area is 180 Å². The van der Waals surface area contributed by atoms with Gasteiger partial charge < -0.3 is 4.74 Å². The fraction of sp³-hybridized carbons (Fsp3) is 0.286. The molecule has 3 rings (SSSR count). The summed E-state index contributed by atoms with van der Waals surface area (Å²) in [7, 11) is -3.59. The molecule has 2 N–H and O–H groups in total. The van der Waals surface area contributed by atoms with Gasteiger partial charge in [-0.05, 0) is 49.2 Å². The molecule has 164 valence electrons. The summed E-state index contributed by atoms with van der Waals surface area (Å²) in [4.78, 5) is 35.9. The molecule has 0 atom stereocenters. The zero-order valence-electron chi connectivity index (χ0n) is 16.7.